The van der Waals surface area contributed by atoms with Gasteiger partial charge >= 0.3 is 0 Å². The van der Waals surface area contributed by atoms with E-state index in [0.717, 1.165) is 0 Å². The molecule has 25 heavy (non-hydrogen) atoms. The van der Waals surface area contributed by atoms with Crippen molar-refractivity contribution in [1.29, 1.82) is 5.41 Å². The first-order chi connectivity index (χ1) is 12.2. The van der Waals surface area contributed by atoms with Gasteiger partial charge in [0, 0.05) is 32.7 Å². The molecule has 2 aromatic rings. The van der Waals surface area contributed by atoms with Gasteiger partial charge in [0.25, 0.3) is 0 Å². The van der Waals surface area contributed by atoms with Gasteiger partial charge in [-0.2, -0.15) is 0 Å². The molecule has 0 aliphatic carbocycles. The number of hydrogen-bond acceptors (Lipinski definition) is 7. The van der Waals surface area contributed by atoms with Gasteiger partial charge < -0.3 is 20.3 Å². The van der Waals surface area contributed by atoms with E-state index < -0.39 is 0 Å². The van der Waals surface area contributed by atoms with E-state index >= 15 is 0 Å². The van der Waals surface area contributed by atoms with Gasteiger partial charge in [0.05, 0.1) is 30.2 Å². The summed E-state index contributed by atoms with van der Waals surface area (Å²) in [6.45, 7) is 2.51. The molecular weight excluding hydrogens is 323 g/mol. The number of hydrogen-bond donors (Lipinski definition) is 3. The minimum Gasteiger partial charge on any atom is -0.378 e. The van der Waals surface area contributed by atoms with Gasteiger partial charge in [-0.05, 0) is 12.1 Å². The Hall–Kier alpha value is -2.74. The molecule has 1 aromatic heterocycles. The van der Waals surface area contributed by atoms with E-state index in [-0.39, 0.29) is 11.5 Å². The van der Waals surface area contributed by atoms with Crippen LogP contribution in [0.4, 0.5) is 21.7 Å². The average Bonchev–Trinajstić information content (AvgIpc) is 2.67. The maximum Gasteiger partial charge on any atom is 0.147 e. The highest BCUT2D eigenvalue weighted by molar-refractivity contribution is 6.16. The lowest BCUT2D eigenvalue weighted by Gasteiger charge is -2.29. The topological polar surface area (TPSA) is 86.2 Å². The lowest BCUT2D eigenvalue weighted by atomic mass is 10.0. The standard InChI is InChI=1S/C17H21FN6O/c1-20-16-14(17(21-2)23-10-22-16)15(19)11-3-4-13(12(18)9-11)24-5-7-25-8-6-24/h3-4,9-10,19H,5-8H2,1-2H3,(H2,20,21,22,23). The number of rotatable bonds is 5. The Labute approximate surface area is 145 Å². The van der Waals surface area contributed by atoms with Crippen molar-refractivity contribution in [2.45, 2.75) is 0 Å². The number of benzene rings is 1. The van der Waals surface area contributed by atoms with Crippen LogP contribution < -0.4 is 15.5 Å². The maximum atomic E-state index is 14.6. The zero-order chi connectivity index (χ0) is 17.8. The van der Waals surface area contributed by atoms with E-state index in [1.54, 1.807) is 26.2 Å². The van der Waals surface area contributed by atoms with Crippen molar-refractivity contribution in [3.63, 3.8) is 0 Å². The molecule has 1 aliphatic rings. The van der Waals surface area contributed by atoms with Crippen molar-refractivity contribution in [1.82, 2.24) is 9.97 Å². The monoisotopic (exact) mass is 344 g/mol. The van der Waals surface area contributed by atoms with Crippen molar-refractivity contribution in [3.05, 3.63) is 41.5 Å². The first-order valence-corrected chi connectivity index (χ1v) is 8.07. The second kappa shape index (κ2) is 7.43. The van der Waals surface area contributed by atoms with Crippen LogP contribution in [0.2, 0.25) is 0 Å². The maximum absolute atomic E-state index is 14.6. The van der Waals surface area contributed by atoms with Gasteiger partial charge in [-0.3, -0.25) is 5.41 Å². The Morgan fingerprint density at radius 1 is 1.16 bits per heavy atom. The van der Waals surface area contributed by atoms with Crippen molar-refractivity contribution < 1.29 is 9.13 Å². The first-order valence-electron chi connectivity index (χ1n) is 8.07. The van der Waals surface area contributed by atoms with Gasteiger partial charge in [0.1, 0.15) is 23.8 Å². The molecule has 0 saturated carbocycles. The zero-order valence-corrected chi connectivity index (χ0v) is 14.3. The largest absolute Gasteiger partial charge is 0.378 e. The molecule has 132 valence electrons. The summed E-state index contributed by atoms with van der Waals surface area (Å²) < 4.78 is 19.9. The Balaban J connectivity index is 1.95. The van der Waals surface area contributed by atoms with Gasteiger partial charge in [-0.25, -0.2) is 14.4 Å². The molecule has 8 heteroatoms. The smallest absolute Gasteiger partial charge is 0.147 e. The summed E-state index contributed by atoms with van der Waals surface area (Å²) in [5.74, 6) is 0.682. The predicted octanol–water partition coefficient (Wildman–Crippen LogP) is 1.95. The number of halogens is 1. The molecule has 3 rings (SSSR count). The molecular formula is C17H21FN6O. The highest BCUT2D eigenvalue weighted by atomic mass is 19.1. The fourth-order valence-electron chi connectivity index (χ4n) is 2.87. The Morgan fingerprint density at radius 3 is 2.36 bits per heavy atom. The van der Waals surface area contributed by atoms with Crippen LogP contribution in [0.5, 0.6) is 0 Å². The summed E-state index contributed by atoms with van der Waals surface area (Å²) in [5.41, 5.74) is 1.66. The average molecular weight is 344 g/mol. The lowest BCUT2D eigenvalue weighted by molar-refractivity contribution is 0.122. The Morgan fingerprint density at radius 2 is 1.80 bits per heavy atom. The van der Waals surface area contributed by atoms with E-state index in [1.807, 2.05) is 4.90 Å². The highest BCUT2D eigenvalue weighted by Gasteiger charge is 2.20. The van der Waals surface area contributed by atoms with Crippen molar-refractivity contribution >= 4 is 23.0 Å². The third-order valence-corrected chi connectivity index (χ3v) is 4.16. The van der Waals surface area contributed by atoms with Crippen LogP contribution in [0.15, 0.2) is 24.5 Å². The molecule has 1 saturated heterocycles. The van der Waals surface area contributed by atoms with Crippen LogP contribution in [0.25, 0.3) is 0 Å². The van der Waals surface area contributed by atoms with Gasteiger partial charge in [0.15, 0.2) is 0 Å². The van der Waals surface area contributed by atoms with Crippen molar-refractivity contribution in [2.75, 3.05) is 55.9 Å². The number of morpholine rings is 1. The second-order valence-corrected chi connectivity index (χ2v) is 5.59. The van der Waals surface area contributed by atoms with Crippen molar-refractivity contribution in [3.8, 4) is 0 Å². The zero-order valence-electron chi connectivity index (χ0n) is 14.3. The fraction of sp³-hybridized carbons (Fsp3) is 0.353. The summed E-state index contributed by atoms with van der Waals surface area (Å²) in [7, 11) is 3.45. The quantitative estimate of drug-likeness (QED) is 0.719. The molecule has 0 atom stereocenters. The Bertz CT molecular complexity index is 753. The summed E-state index contributed by atoms with van der Waals surface area (Å²) in [4.78, 5) is 10.2. The van der Waals surface area contributed by atoms with E-state index in [0.29, 0.717) is 54.8 Å². The fourth-order valence-corrected chi connectivity index (χ4v) is 2.87. The molecule has 3 N–H and O–H groups in total. The van der Waals surface area contributed by atoms with E-state index in [9.17, 15) is 4.39 Å². The molecule has 1 fully saturated rings. The summed E-state index contributed by atoms with van der Waals surface area (Å²) in [6.07, 6.45) is 1.41. The third kappa shape index (κ3) is 3.39. The molecule has 0 spiro atoms. The molecule has 0 amide bonds. The summed E-state index contributed by atoms with van der Waals surface area (Å²) in [5, 5.41) is 14.4. The summed E-state index contributed by atoms with van der Waals surface area (Å²) in [6, 6.07) is 4.85. The second-order valence-electron chi connectivity index (χ2n) is 5.59. The molecule has 1 aromatic carbocycles. The highest BCUT2D eigenvalue weighted by Crippen LogP contribution is 2.26. The van der Waals surface area contributed by atoms with Crippen LogP contribution >= 0.6 is 0 Å². The molecule has 0 radical (unpaired) electrons. The first kappa shape index (κ1) is 17.1. The minimum absolute atomic E-state index is 0.154. The van der Waals surface area contributed by atoms with E-state index in [2.05, 4.69) is 20.6 Å². The van der Waals surface area contributed by atoms with Gasteiger partial charge in [-0.1, -0.05) is 6.07 Å². The van der Waals surface area contributed by atoms with Crippen LogP contribution in [0, 0.1) is 11.2 Å². The minimum atomic E-state index is -0.349. The predicted molar refractivity (Wildman–Crippen MR) is 96.5 cm³/mol. The van der Waals surface area contributed by atoms with Crippen LogP contribution in [-0.4, -0.2) is 56.1 Å². The number of aromatic nitrogens is 2. The van der Waals surface area contributed by atoms with Gasteiger partial charge in [-0.15, -0.1) is 0 Å². The van der Waals surface area contributed by atoms with Crippen molar-refractivity contribution in [2.24, 2.45) is 0 Å². The van der Waals surface area contributed by atoms with Crippen LogP contribution in [-0.2, 0) is 4.74 Å². The van der Waals surface area contributed by atoms with Gasteiger partial charge in [0.2, 0.25) is 0 Å². The molecule has 7 nitrogen and oxygen atoms in total. The summed E-state index contributed by atoms with van der Waals surface area (Å²) >= 11 is 0. The Kier molecular flexibility index (Phi) is 5.08. The molecule has 2 heterocycles. The third-order valence-electron chi connectivity index (χ3n) is 4.16. The number of anilines is 3. The SMILES string of the molecule is CNc1ncnc(NC)c1C(=N)c1ccc(N2CCOCC2)c(F)c1. The van der Waals surface area contributed by atoms with E-state index in [4.69, 9.17) is 10.1 Å². The normalized spacial score (nSPS) is 14.3. The van der Waals surface area contributed by atoms with Crippen LogP contribution in [0.1, 0.15) is 11.1 Å². The lowest BCUT2D eigenvalue weighted by Crippen LogP contribution is -2.36. The molecule has 0 bridgehead atoms. The van der Waals surface area contributed by atoms with E-state index in [1.165, 1.54) is 12.4 Å². The van der Waals surface area contributed by atoms with Crippen LogP contribution in [0.3, 0.4) is 0 Å². The number of ether oxygens (including phenoxy) is 1. The molecule has 1 aliphatic heterocycles. The number of nitrogens with one attached hydrogen (secondary N) is 3. The number of nitrogens with zero attached hydrogens (tertiary/aromatic N) is 3. The molecule has 0 unspecified atom stereocenters.